The second kappa shape index (κ2) is 3.56. The van der Waals surface area contributed by atoms with Crippen molar-refractivity contribution >= 4 is 0 Å². The minimum atomic E-state index is -0.0131. The smallest absolute Gasteiger partial charge is 0.0625 e. The third-order valence-electron chi connectivity index (χ3n) is 3.50. The van der Waals surface area contributed by atoms with E-state index in [0.717, 1.165) is 19.0 Å². The van der Waals surface area contributed by atoms with E-state index < -0.39 is 0 Å². The normalized spacial score (nSPS) is 36.5. The lowest BCUT2D eigenvalue weighted by Crippen LogP contribution is -2.58. The third-order valence-corrected chi connectivity index (χ3v) is 3.50. The van der Waals surface area contributed by atoms with Gasteiger partial charge in [0.15, 0.2) is 0 Å². The fourth-order valence-corrected chi connectivity index (χ4v) is 2.33. The Kier molecular flexibility index (Phi) is 2.58. The molecule has 1 unspecified atom stereocenters. The summed E-state index contributed by atoms with van der Waals surface area (Å²) in [5.41, 5.74) is -0.0131. The summed E-state index contributed by atoms with van der Waals surface area (Å²) in [4.78, 5) is 2.54. The van der Waals surface area contributed by atoms with Crippen molar-refractivity contribution in [3.05, 3.63) is 0 Å². The van der Waals surface area contributed by atoms with Crippen LogP contribution in [0.15, 0.2) is 0 Å². The molecule has 1 atom stereocenters. The molecule has 3 heteroatoms. The molecule has 1 aliphatic carbocycles. The van der Waals surface area contributed by atoms with Crippen LogP contribution in [0.25, 0.3) is 0 Å². The van der Waals surface area contributed by atoms with Gasteiger partial charge < -0.3 is 10.4 Å². The molecule has 2 fully saturated rings. The molecular weight excluding hydrogens is 164 g/mol. The summed E-state index contributed by atoms with van der Waals surface area (Å²) in [6.45, 7) is 2.53. The van der Waals surface area contributed by atoms with Crippen LogP contribution in [-0.4, -0.2) is 48.3 Å². The van der Waals surface area contributed by atoms with Gasteiger partial charge in [0, 0.05) is 12.6 Å². The number of nitrogens with zero attached hydrogens (tertiary/aromatic N) is 1. The van der Waals surface area contributed by atoms with E-state index in [0.29, 0.717) is 0 Å². The number of likely N-dealkylation sites (tertiary alicyclic amines) is 1. The lowest BCUT2D eigenvalue weighted by atomic mass is 9.90. The van der Waals surface area contributed by atoms with Gasteiger partial charge in [-0.2, -0.15) is 0 Å². The van der Waals surface area contributed by atoms with Crippen molar-refractivity contribution in [2.75, 3.05) is 26.7 Å². The minimum absolute atomic E-state index is 0.0131. The highest BCUT2D eigenvalue weighted by atomic mass is 16.3. The van der Waals surface area contributed by atoms with E-state index in [9.17, 15) is 5.11 Å². The number of hydrogen-bond acceptors (Lipinski definition) is 3. The Bertz CT molecular complexity index is 176. The summed E-state index contributed by atoms with van der Waals surface area (Å²) in [5.74, 6) is 0. The van der Waals surface area contributed by atoms with Gasteiger partial charge in [0.05, 0.1) is 12.1 Å². The Morgan fingerprint density at radius 2 is 2.31 bits per heavy atom. The van der Waals surface area contributed by atoms with Crippen molar-refractivity contribution in [2.24, 2.45) is 0 Å². The van der Waals surface area contributed by atoms with Crippen molar-refractivity contribution in [1.29, 1.82) is 0 Å². The average molecular weight is 184 g/mol. The van der Waals surface area contributed by atoms with Crippen molar-refractivity contribution in [2.45, 2.75) is 37.3 Å². The zero-order valence-corrected chi connectivity index (χ0v) is 8.42. The Hall–Kier alpha value is -0.120. The van der Waals surface area contributed by atoms with E-state index in [1.165, 1.54) is 25.8 Å². The van der Waals surface area contributed by atoms with Crippen molar-refractivity contribution in [3.63, 3.8) is 0 Å². The standard InChI is InChI=1S/C10H20N2O/c1-11-10(8-13)5-2-6-12(7-10)9-3-4-9/h9,11,13H,2-8H2,1H3. The number of nitrogens with one attached hydrogen (secondary N) is 1. The van der Waals surface area contributed by atoms with E-state index in [1.54, 1.807) is 0 Å². The van der Waals surface area contributed by atoms with Crippen molar-refractivity contribution in [1.82, 2.24) is 10.2 Å². The molecule has 2 N–H and O–H groups in total. The van der Waals surface area contributed by atoms with Gasteiger partial charge in [-0.25, -0.2) is 0 Å². The fraction of sp³-hybridized carbons (Fsp3) is 1.00. The minimum Gasteiger partial charge on any atom is -0.394 e. The van der Waals surface area contributed by atoms with Gasteiger partial charge in [-0.1, -0.05) is 0 Å². The van der Waals surface area contributed by atoms with Crippen LogP contribution in [0.2, 0.25) is 0 Å². The first-order valence-corrected chi connectivity index (χ1v) is 5.33. The number of rotatable bonds is 3. The van der Waals surface area contributed by atoms with Gasteiger partial charge in [0.1, 0.15) is 0 Å². The van der Waals surface area contributed by atoms with Crippen LogP contribution in [0, 0.1) is 0 Å². The molecule has 0 radical (unpaired) electrons. The highest BCUT2D eigenvalue weighted by Gasteiger charge is 2.39. The zero-order chi connectivity index (χ0) is 9.31. The first kappa shape index (κ1) is 9.44. The van der Waals surface area contributed by atoms with Gasteiger partial charge >= 0.3 is 0 Å². The molecule has 1 saturated heterocycles. The first-order chi connectivity index (χ1) is 6.29. The van der Waals surface area contributed by atoms with Gasteiger partial charge in [-0.05, 0) is 39.3 Å². The van der Waals surface area contributed by atoms with E-state index in [-0.39, 0.29) is 12.1 Å². The van der Waals surface area contributed by atoms with Crippen LogP contribution in [0.4, 0.5) is 0 Å². The number of aliphatic hydroxyl groups is 1. The van der Waals surface area contributed by atoms with Crippen molar-refractivity contribution in [3.8, 4) is 0 Å². The summed E-state index contributed by atoms with van der Waals surface area (Å²) in [5, 5.41) is 12.7. The zero-order valence-electron chi connectivity index (χ0n) is 8.42. The van der Waals surface area contributed by atoms with Gasteiger partial charge in [0.25, 0.3) is 0 Å². The van der Waals surface area contributed by atoms with E-state index in [1.807, 2.05) is 7.05 Å². The van der Waals surface area contributed by atoms with Gasteiger partial charge in [0.2, 0.25) is 0 Å². The molecule has 76 valence electrons. The molecular formula is C10H20N2O. The van der Waals surface area contributed by atoms with E-state index in [4.69, 9.17) is 0 Å². The summed E-state index contributed by atoms with van der Waals surface area (Å²) in [7, 11) is 1.96. The quantitative estimate of drug-likeness (QED) is 0.657. The van der Waals surface area contributed by atoms with Crippen LogP contribution in [-0.2, 0) is 0 Å². The Morgan fingerprint density at radius 1 is 1.54 bits per heavy atom. The van der Waals surface area contributed by atoms with E-state index in [2.05, 4.69) is 10.2 Å². The molecule has 2 aliphatic rings. The Balaban J connectivity index is 1.96. The maximum absolute atomic E-state index is 9.37. The maximum atomic E-state index is 9.37. The number of piperidine rings is 1. The monoisotopic (exact) mass is 184 g/mol. The molecule has 2 rings (SSSR count). The largest absolute Gasteiger partial charge is 0.394 e. The summed E-state index contributed by atoms with van der Waals surface area (Å²) in [6, 6.07) is 0.833. The molecule has 0 bridgehead atoms. The lowest BCUT2D eigenvalue weighted by molar-refractivity contribution is 0.0687. The molecule has 0 aromatic carbocycles. The Labute approximate surface area is 80.1 Å². The molecule has 0 aromatic rings. The molecule has 0 amide bonds. The number of hydrogen-bond donors (Lipinski definition) is 2. The number of likely N-dealkylation sites (N-methyl/N-ethyl adjacent to an activating group) is 1. The molecule has 1 saturated carbocycles. The second-order valence-electron chi connectivity index (χ2n) is 4.49. The molecule has 1 heterocycles. The van der Waals surface area contributed by atoms with Crippen LogP contribution in [0.1, 0.15) is 25.7 Å². The van der Waals surface area contributed by atoms with Crippen LogP contribution in [0.3, 0.4) is 0 Å². The van der Waals surface area contributed by atoms with Crippen LogP contribution < -0.4 is 5.32 Å². The lowest BCUT2D eigenvalue weighted by Gasteiger charge is -2.41. The molecule has 1 aliphatic heterocycles. The molecule has 13 heavy (non-hydrogen) atoms. The topological polar surface area (TPSA) is 35.5 Å². The van der Waals surface area contributed by atoms with Gasteiger partial charge in [-0.15, -0.1) is 0 Å². The number of aliphatic hydroxyl groups excluding tert-OH is 1. The predicted molar refractivity (Wildman–Crippen MR) is 52.7 cm³/mol. The summed E-state index contributed by atoms with van der Waals surface area (Å²) < 4.78 is 0. The maximum Gasteiger partial charge on any atom is 0.0625 e. The molecule has 0 aromatic heterocycles. The summed E-state index contributed by atoms with van der Waals surface area (Å²) in [6.07, 6.45) is 5.07. The van der Waals surface area contributed by atoms with Crippen LogP contribution >= 0.6 is 0 Å². The average Bonchev–Trinajstić information content (AvgIpc) is 3.01. The van der Waals surface area contributed by atoms with E-state index >= 15 is 0 Å². The summed E-state index contributed by atoms with van der Waals surface area (Å²) >= 11 is 0. The molecule has 3 nitrogen and oxygen atoms in total. The first-order valence-electron chi connectivity index (χ1n) is 5.33. The van der Waals surface area contributed by atoms with Crippen molar-refractivity contribution < 1.29 is 5.11 Å². The predicted octanol–water partition coefficient (Wildman–Crippen LogP) is 0.195. The SMILES string of the molecule is CNC1(CO)CCCN(C2CC2)C1. The molecule has 0 spiro atoms. The highest BCUT2D eigenvalue weighted by molar-refractivity contribution is 4.97. The van der Waals surface area contributed by atoms with Crippen LogP contribution in [0.5, 0.6) is 0 Å². The second-order valence-corrected chi connectivity index (χ2v) is 4.49. The highest BCUT2D eigenvalue weighted by Crippen LogP contribution is 2.32. The fourth-order valence-electron chi connectivity index (χ4n) is 2.33. The van der Waals surface area contributed by atoms with Gasteiger partial charge in [-0.3, -0.25) is 4.90 Å². The third kappa shape index (κ3) is 1.87. The Morgan fingerprint density at radius 3 is 2.85 bits per heavy atom.